The van der Waals surface area contributed by atoms with Gasteiger partial charge in [-0.05, 0) is 5.92 Å². The van der Waals surface area contributed by atoms with Crippen molar-refractivity contribution in [3.8, 4) is 0 Å². The van der Waals surface area contributed by atoms with Crippen molar-refractivity contribution in [3.63, 3.8) is 0 Å². The maximum atomic E-state index is 10.5. The standard InChI is InChI=1S/C5H10N2O2S/c6-5(8)7-1-4-2-10(9)3-4/h4H,1-3H2,(H3,6,7,8). The summed E-state index contributed by atoms with van der Waals surface area (Å²) in [5.74, 6) is 1.80. The number of hydrogen-bond acceptors (Lipinski definition) is 2. The fourth-order valence-electron chi connectivity index (χ4n) is 0.840. The van der Waals surface area contributed by atoms with Crippen LogP contribution in [0.5, 0.6) is 0 Å². The quantitative estimate of drug-likeness (QED) is 0.548. The number of nitrogens with one attached hydrogen (secondary N) is 1. The van der Waals surface area contributed by atoms with Gasteiger partial charge in [0.25, 0.3) is 0 Å². The van der Waals surface area contributed by atoms with Crippen molar-refractivity contribution in [2.45, 2.75) is 0 Å². The van der Waals surface area contributed by atoms with Gasteiger partial charge in [0, 0.05) is 28.9 Å². The normalized spacial score (nSPS) is 30.8. The van der Waals surface area contributed by atoms with E-state index in [0.29, 0.717) is 24.0 Å². The highest BCUT2D eigenvalue weighted by Crippen LogP contribution is 2.11. The summed E-state index contributed by atoms with van der Waals surface area (Å²) in [6.45, 7) is 0.571. The minimum atomic E-state index is -0.629. The number of rotatable bonds is 2. The van der Waals surface area contributed by atoms with Gasteiger partial charge in [0.1, 0.15) is 0 Å². The van der Waals surface area contributed by atoms with E-state index in [0.717, 1.165) is 0 Å². The molecule has 0 radical (unpaired) electrons. The van der Waals surface area contributed by atoms with Crippen molar-refractivity contribution in [2.24, 2.45) is 11.7 Å². The molecule has 4 nitrogen and oxygen atoms in total. The predicted octanol–water partition coefficient (Wildman–Crippen LogP) is -0.967. The zero-order chi connectivity index (χ0) is 7.56. The third-order valence-electron chi connectivity index (χ3n) is 1.41. The minimum absolute atomic E-state index is 0.383. The van der Waals surface area contributed by atoms with E-state index in [-0.39, 0.29) is 0 Å². The number of carbonyl (C=O) groups is 1. The van der Waals surface area contributed by atoms with E-state index in [9.17, 15) is 9.00 Å². The molecule has 0 aromatic heterocycles. The van der Waals surface area contributed by atoms with E-state index < -0.39 is 16.8 Å². The van der Waals surface area contributed by atoms with E-state index in [2.05, 4.69) is 5.32 Å². The molecule has 58 valence electrons. The lowest BCUT2D eigenvalue weighted by atomic mass is 10.2. The van der Waals surface area contributed by atoms with Gasteiger partial charge in [-0.1, -0.05) is 0 Å². The maximum Gasteiger partial charge on any atom is 0.312 e. The first-order valence-corrected chi connectivity index (χ1v) is 4.55. The average molecular weight is 162 g/mol. The maximum absolute atomic E-state index is 10.5. The summed E-state index contributed by atoms with van der Waals surface area (Å²) in [6.07, 6.45) is 0. The van der Waals surface area contributed by atoms with Crippen LogP contribution >= 0.6 is 0 Å². The topological polar surface area (TPSA) is 72.2 Å². The number of primary amides is 1. The molecule has 1 aliphatic heterocycles. The minimum Gasteiger partial charge on any atom is -0.352 e. The summed E-state index contributed by atoms with van der Waals surface area (Å²) in [7, 11) is -0.629. The predicted molar refractivity (Wildman–Crippen MR) is 39.0 cm³/mol. The fourth-order valence-corrected chi connectivity index (χ4v) is 2.03. The van der Waals surface area contributed by atoms with Crippen LogP contribution in [-0.2, 0) is 10.8 Å². The lowest BCUT2D eigenvalue weighted by Crippen LogP contribution is -2.42. The van der Waals surface area contributed by atoms with Gasteiger partial charge >= 0.3 is 6.03 Å². The van der Waals surface area contributed by atoms with Gasteiger partial charge in [-0.3, -0.25) is 4.21 Å². The van der Waals surface area contributed by atoms with Crippen molar-refractivity contribution in [1.29, 1.82) is 0 Å². The molecule has 0 bridgehead atoms. The van der Waals surface area contributed by atoms with E-state index in [1.165, 1.54) is 0 Å². The molecule has 0 atom stereocenters. The van der Waals surface area contributed by atoms with Gasteiger partial charge in [0.2, 0.25) is 0 Å². The van der Waals surface area contributed by atoms with Crippen molar-refractivity contribution >= 4 is 16.8 Å². The first-order valence-electron chi connectivity index (χ1n) is 3.07. The van der Waals surface area contributed by atoms with Crippen LogP contribution in [0.1, 0.15) is 0 Å². The monoisotopic (exact) mass is 162 g/mol. The molecule has 10 heavy (non-hydrogen) atoms. The molecule has 0 unspecified atom stereocenters. The number of hydrogen-bond donors (Lipinski definition) is 2. The van der Waals surface area contributed by atoms with E-state index in [1.54, 1.807) is 0 Å². The number of urea groups is 1. The molecule has 1 fully saturated rings. The summed E-state index contributed by atoms with van der Waals surface area (Å²) >= 11 is 0. The Morgan fingerprint density at radius 1 is 1.70 bits per heavy atom. The molecule has 0 aromatic carbocycles. The largest absolute Gasteiger partial charge is 0.352 e. The van der Waals surface area contributed by atoms with Gasteiger partial charge in [-0.25, -0.2) is 4.79 Å². The lowest BCUT2D eigenvalue weighted by molar-refractivity contribution is 0.247. The van der Waals surface area contributed by atoms with Gasteiger partial charge in [0.15, 0.2) is 0 Å². The summed E-state index contributed by atoms with van der Waals surface area (Å²) in [4.78, 5) is 10.2. The van der Waals surface area contributed by atoms with E-state index in [1.807, 2.05) is 0 Å². The number of amides is 2. The Bertz CT molecular complexity index is 163. The lowest BCUT2D eigenvalue weighted by Gasteiger charge is -2.24. The second-order valence-corrected chi connectivity index (χ2v) is 3.93. The SMILES string of the molecule is NC(=O)NCC1CS(=O)C1. The van der Waals surface area contributed by atoms with Crippen molar-refractivity contribution in [2.75, 3.05) is 18.1 Å². The van der Waals surface area contributed by atoms with Gasteiger partial charge in [-0.2, -0.15) is 0 Å². The van der Waals surface area contributed by atoms with Crippen LogP contribution in [0.25, 0.3) is 0 Å². The summed E-state index contributed by atoms with van der Waals surface area (Å²) in [5, 5.41) is 2.47. The van der Waals surface area contributed by atoms with Crippen molar-refractivity contribution in [1.82, 2.24) is 5.32 Å². The Balaban J connectivity index is 2.05. The second-order valence-electron chi connectivity index (χ2n) is 2.38. The van der Waals surface area contributed by atoms with Gasteiger partial charge in [0.05, 0.1) is 0 Å². The highest BCUT2D eigenvalue weighted by Gasteiger charge is 2.24. The average Bonchev–Trinajstić information content (AvgIpc) is 1.77. The van der Waals surface area contributed by atoms with Crippen LogP contribution < -0.4 is 11.1 Å². The Morgan fingerprint density at radius 3 is 2.70 bits per heavy atom. The Kier molecular flexibility index (Phi) is 2.26. The zero-order valence-electron chi connectivity index (χ0n) is 5.50. The highest BCUT2D eigenvalue weighted by molar-refractivity contribution is 7.86. The molecule has 5 heteroatoms. The first kappa shape index (κ1) is 7.53. The van der Waals surface area contributed by atoms with Crippen LogP contribution in [0, 0.1) is 5.92 Å². The molecular weight excluding hydrogens is 152 g/mol. The summed E-state index contributed by atoms with van der Waals surface area (Å²) in [5.41, 5.74) is 4.83. The third kappa shape index (κ3) is 1.98. The molecule has 0 saturated carbocycles. The molecular formula is C5H10N2O2S. The van der Waals surface area contributed by atoms with Crippen LogP contribution in [0.3, 0.4) is 0 Å². The molecule has 1 saturated heterocycles. The molecule has 1 rings (SSSR count). The van der Waals surface area contributed by atoms with Crippen LogP contribution in [-0.4, -0.2) is 28.3 Å². The Morgan fingerprint density at radius 2 is 2.30 bits per heavy atom. The molecule has 1 aliphatic rings. The molecule has 0 spiro atoms. The second kappa shape index (κ2) is 3.01. The van der Waals surface area contributed by atoms with Crippen molar-refractivity contribution in [3.05, 3.63) is 0 Å². The Hall–Kier alpha value is -0.580. The Labute approximate surface area is 61.6 Å². The summed E-state index contributed by atoms with van der Waals surface area (Å²) < 4.78 is 10.5. The third-order valence-corrected chi connectivity index (χ3v) is 3.09. The van der Waals surface area contributed by atoms with E-state index in [4.69, 9.17) is 5.73 Å². The molecule has 2 amide bonds. The molecule has 3 N–H and O–H groups in total. The molecule has 0 aliphatic carbocycles. The van der Waals surface area contributed by atoms with Crippen LogP contribution in [0.2, 0.25) is 0 Å². The van der Waals surface area contributed by atoms with Crippen LogP contribution in [0.4, 0.5) is 4.79 Å². The fraction of sp³-hybridized carbons (Fsp3) is 0.800. The number of nitrogens with two attached hydrogens (primary N) is 1. The van der Waals surface area contributed by atoms with Gasteiger partial charge < -0.3 is 11.1 Å². The smallest absolute Gasteiger partial charge is 0.312 e. The van der Waals surface area contributed by atoms with E-state index >= 15 is 0 Å². The first-order chi connectivity index (χ1) is 4.68. The zero-order valence-corrected chi connectivity index (χ0v) is 6.32. The summed E-state index contributed by atoms with van der Waals surface area (Å²) in [6, 6.07) is -0.502. The number of carbonyl (C=O) groups excluding carboxylic acids is 1. The van der Waals surface area contributed by atoms with Crippen LogP contribution in [0.15, 0.2) is 0 Å². The highest BCUT2D eigenvalue weighted by atomic mass is 32.2. The molecule has 1 heterocycles. The molecule has 0 aromatic rings. The van der Waals surface area contributed by atoms with Gasteiger partial charge in [-0.15, -0.1) is 0 Å². The van der Waals surface area contributed by atoms with Crippen molar-refractivity contribution < 1.29 is 9.00 Å².